The van der Waals surface area contributed by atoms with Crippen LogP contribution in [0.25, 0.3) is 0 Å². The van der Waals surface area contributed by atoms with Crippen molar-refractivity contribution in [1.82, 2.24) is 14.5 Å². The van der Waals surface area contributed by atoms with Gasteiger partial charge in [0.25, 0.3) is 0 Å². The number of hydrogen-bond donors (Lipinski definition) is 1. The molecule has 8 nitrogen and oxygen atoms in total. The summed E-state index contributed by atoms with van der Waals surface area (Å²) in [6.07, 6.45) is 0.188. The van der Waals surface area contributed by atoms with Gasteiger partial charge in [0.05, 0.1) is 5.69 Å². The number of benzene rings is 3. The maximum atomic E-state index is 13.9. The summed E-state index contributed by atoms with van der Waals surface area (Å²) in [5.74, 6) is -1.60. The molecule has 0 unspecified atom stereocenters. The van der Waals surface area contributed by atoms with Crippen LogP contribution in [0.1, 0.15) is 11.1 Å². The van der Waals surface area contributed by atoms with Gasteiger partial charge in [0, 0.05) is 39.1 Å². The van der Waals surface area contributed by atoms with Gasteiger partial charge < -0.3 is 10.2 Å². The molecule has 38 heavy (non-hydrogen) atoms. The smallest absolute Gasteiger partial charge is 0.304 e. The number of halogens is 2. The summed E-state index contributed by atoms with van der Waals surface area (Å²) in [4.78, 5) is 28.4. The van der Waals surface area contributed by atoms with Gasteiger partial charge in [0.2, 0.25) is 11.8 Å². The second-order valence-electron chi connectivity index (χ2n) is 8.71. The summed E-state index contributed by atoms with van der Waals surface area (Å²) in [7, 11) is -0.0149. The van der Waals surface area contributed by atoms with Crippen molar-refractivity contribution in [2.24, 2.45) is 0 Å². The van der Waals surface area contributed by atoms with Crippen LogP contribution in [0.15, 0.2) is 78.9 Å². The van der Waals surface area contributed by atoms with Gasteiger partial charge in [-0.3, -0.25) is 9.59 Å². The fraction of sp³-hybridized carbons (Fsp3) is 0.259. The maximum Gasteiger partial charge on any atom is 0.304 e. The van der Waals surface area contributed by atoms with Crippen molar-refractivity contribution >= 4 is 39.3 Å². The van der Waals surface area contributed by atoms with Crippen LogP contribution >= 0.6 is 11.6 Å². The normalized spacial score (nSPS) is 12.2. The molecule has 3 aromatic carbocycles. The molecule has 11 heteroatoms. The highest BCUT2D eigenvalue weighted by molar-refractivity contribution is 7.90. The lowest BCUT2D eigenvalue weighted by atomic mass is 10.0. The summed E-state index contributed by atoms with van der Waals surface area (Å²) in [5.41, 5.74) is 1.51. The van der Waals surface area contributed by atoms with Crippen molar-refractivity contribution in [3.63, 3.8) is 0 Å². The van der Waals surface area contributed by atoms with Gasteiger partial charge >= 0.3 is 10.2 Å². The first-order valence-corrected chi connectivity index (χ1v) is 13.6. The van der Waals surface area contributed by atoms with Gasteiger partial charge in [0.1, 0.15) is 18.4 Å². The van der Waals surface area contributed by atoms with Crippen LogP contribution in [0.5, 0.6) is 0 Å². The van der Waals surface area contributed by atoms with E-state index in [-0.39, 0.29) is 18.7 Å². The van der Waals surface area contributed by atoms with E-state index in [4.69, 9.17) is 11.6 Å². The van der Waals surface area contributed by atoms with Gasteiger partial charge in [-0.2, -0.15) is 12.7 Å². The number of carbonyl (C=O) groups is 2. The van der Waals surface area contributed by atoms with Crippen LogP contribution in [-0.2, 0) is 32.8 Å². The molecule has 1 N–H and O–H groups in total. The highest BCUT2D eigenvalue weighted by atomic mass is 35.5. The monoisotopic (exact) mass is 560 g/mol. The third kappa shape index (κ3) is 7.09. The topological polar surface area (TPSA) is 90.0 Å². The molecule has 0 bridgehead atoms. The Morgan fingerprint density at radius 1 is 0.947 bits per heavy atom. The minimum atomic E-state index is -4.15. The first-order valence-electron chi connectivity index (χ1n) is 11.8. The quantitative estimate of drug-likeness (QED) is 0.389. The van der Waals surface area contributed by atoms with Crippen LogP contribution in [0.2, 0.25) is 5.02 Å². The van der Waals surface area contributed by atoms with Crippen molar-refractivity contribution in [3.05, 3.63) is 101 Å². The van der Waals surface area contributed by atoms with Crippen molar-refractivity contribution < 1.29 is 22.4 Å². The van der Waals surface area contributed by atoms with E-state index in [9.17, 15) is 22.4 Å². The number of hydrogen-bond acceptors (Lipinski definition) is 4. The van der Waals surface area contributed by atoms with Crippen molar-refractivity contribution in [2.75, 3.05) is 32.0 Å². The summed E-state index contributed by atoms with van der Waals surface area (Å²) in [5, 5.41) is 3.01. The largest absolute Gasteiger partial charge is 0.357 e. The minimum Gasteiger partial charge on any atom is -0.357 e. The second kappa shape index (κ2) is 12.9. The Kier molecular flexibility index (Phi) is 9.84. The zero-order chi connectivity index (χ0) is 27.9. The second-order valence-corrected chi connectivity index (χ2v) is 11.2. The average Bonchev–Trinajstić information content (AvgIpc) is 2.90. The lowest BCUT2D eigenvalue weighted by molar-refractivity contribution is -0.139. The molecular weight excluding hydrogens is 531 g/mol. The first kappa shape index (κ1) is 29.1. The lowest BCUT2D eigenvalue weighted by Crippen LogP contribution is -2.53. The summed E-state index contributed by atoms with van der Waals surface area (Å²) < 4.78 is 41.9. The van der Waals surface area contributed by atoms with Crippen LogP contribution in [0.4, 0.5) is 10.1 Å². The van der Waals surface area contributed by atoms with E-state index >= 15 is 0 Å². The molecule has 202 valence electrons. The molecule has 3 rings (SSSR count). The fourth-order valence-electron chi connectivity index (χ4n) is 3.85. The van der Waals surface area contributed by atoms with E-state index in [2.05, 4.69) is 5.32 Å². The van der Waals surface area contributed by atoms with Crippen LogP contribution in [-0.4, -0.2) is 63.2 Å². The predicted molar refractivity (Wildman–Crippen MR) is 146 cm³/mol. The van der Waals surface area contributed by atoms with E-state index < -0.39 is 40.4 Å². The van der Waals surface area contributed by atoms with Crippen molar-refractivity contribution in [3.8, 4) is 0 Å². The van der Waals surface area contributed by atoms with Gasteiger partial charge in [-0.25, -0.2) is 8.70 Å². The van der Waals surface area contributed by atoms with E-state index in [1.807, 2.05) is 30.3 Å². The number of nitrogens with one attached hydrogen (secondary N) is 1. The van der Waals surface area contributed by atoms with Gasteiger partial charge in [0.15, 0.2) is 0 Å². The molecule has 2 amide bonds. The number of nitrogens with zero attached hydrogens (tertiary/aromatic N) is 3. The van der Waals surface area contributed by atoms with Gasteiger partial charge in [-0.05, 0) is 41.5 Å². The van der Waals surface area contributed by atoms with Crippen molar-refractivity contribution in [1.29, 1.82) is 0 Å². The highest BCUT2D eigenvalue weighted by Crippen LogP contribution is 2.24. The molecule has 0 aliphatic carbocycles. The Labute approximate surface area is 227 Å². The Morgan fingerprint density at radius 2 is 1.55 bits per heavy atom. The first-order chi connectivity index (χ1) is 18.0. The Hall–Kier alpha value is -3.47. The molecule has 0 aliphatic rings. The maximum absolute atomic E-state index is 13.9. The zero-order valence-corrected chi connectivity index (χ0v) is 22.9. The van der Waals surface area contributed by atoms with E-state index in [0.29, 0.717) is 10.6 Å². The van der Waals surface area contributed by atoms with Crippen LogP contribution in [0, 0.1) is 5.82 Å². The number of likely N-dealkylation sites (N-methyl/N-ethyl adjacent to an activating group) is 1. The highest BCUT2D eigenvalue weighted by Gasteiger charge is 2.34. The molecule has 3 aromatic rings. The Balaban J connectivity index is 2.07. The Bertz CT molecular complexity index is 1360. The third-order valence-electron chi connectivity index (χ3n) is 5.95. The average molecular weight is 561 g/mol. The molecule has 0 saturated heterocycles. The zero-order valence-electron chi connectivity index (χ0n) is 21.3. The minimum absolute atomic E-state index is 0.0390. The van der Waals surface area contributed by atoms with Gasteiger partial charge in [-0.1, -0.05) is 60.1 Å². The molecule has 1 atom stereocenters. The standard InChI is InChI=1S/C27H30ClFN4O4S/c1-30-27(35)25(17-20-9-5-4-6-10-20)32(18-21-11-7-8-12-24(21)28)26(34)19-33(38(36,37)31(2)3)23-15-13-22(29)14-16-23/h4-16,25H,17-19H2,1-3H3,(H,30,35)/t25-/m0/s1. The molecular formula is C27H30ClFN4O4S. The third-order valence-corrected chi connectivity index (χ3v) is 8.14. The lowest BCUT2D eigenvalue weighted by Gasteiger charge is -2.34. The number of rotatable bonds is 11. The Morgan fingerprint density at radius 3 is 2.13 bits per heavy atom. The van der Waals surface area contributed by atoms with E-state index in [1.165, 1.54) is 38.2 Å². The van der Waals surface area contributed by atoms with E-state index in [1.54, 1.807) is 24.3 Å². The molecule has 0 spiro atoms. The fourth-order valence-corrected chi connectivity index (χ4v) is 5.11. The van der Waals surface area contributed by atoms with Gasteiger partial charge in [-0.15, -0.1) is 0 Å². The molecule has 0 saturated carbocycles. The van der Waals surface area contributed by atoms with Crippen molar-refractivity contribution in [2.45, 2.75) is 19.0 Å². The van der Waals surface area contributed by atoms with E-state index in [0.717, 1.165) is 26.3 Å². The predicted octanol–water partition coefficient (Wildman–Crippen LogP) is 3.48. The number of anilines is 1. The molecule has 0 heterocycles. The number of amides is 2. The molecule has 0 aromatic heterocycles. The number of carbonyl (C=O) groups excluding carboxylic acids is 2. The molecule has 0 aliphatic heterocycles. The molecule has 0 radical (unpaired) electrons. The summed E-state index contributed by atoms with van der Waals surface area (Å²) in [6, 6.07) is 19.9. The SMILES string of the molecule is CNC(=O)[C@H](Cc1ccccc1)N(Cc1ccccc1Cl)C(=O)CN(c1ccc(F)cc1)S(=O)(=O)N(C)C. The molecule has 0 fully saturated rings. The summed E-state index contributed by atoms with van der Waals surface area (Å²) in [6.45, 7) is -0.665. The van der Waals surface area contributed by atoms with Crippen LogP contribution in [0.3, 0.4) is 0 Å². The summed E-state index contributed by atoms with van der Waals surface area (Å²) >= 11 is 6.39. The van der Waals surface area contributed by atoms with Crippen LogP contribution < -0.4 is 9.62 Å².